The number of nitrogens with two attached hydrogens (primary N) is 1. The molecule has 3 heteroatoms. The molecule has 56 valence electrons. The summed E-state index contributed by atoms with van der Waals surface area (Å²) in [6, 6.07) is 8.54. The van der Waals surface area contributed by atoms with E-state index < -0.39 is 0 Å². The van der Waals surface area contributed by atoms with Crippen molar-refractivity contribution in [1.29, 1.82) is 0 Å². The molecule has 0 bridgehead atoms. The molecule has 0 amide bonds. The van der Waals surface area contributed by atoms with Crippen LogP contribution in [0.1, 0.15) is 5.56 Å². The van der Waals surface area contributed by atoms with Gasteiger partial charge in [-0.1, -0.05) is 17.7 Å². The van der Waals surface area contributed by atoms with Gasteiger partial charge in [-0.25, -0.2) is 0 Å². The van der Waals surface area contributed by atoms with E-state index in [9.17, 15) is 0 Å². The summed E-state index contributed by atoms with van der Waals surface area (Å²) in [7, 11) is 0. The van der Waals surface area contributed by atoms with Gasteiger partial charge < -0.3 is 6.15 Å². The van der Waals surface area contributed by atoms with Crippen LogP contribution in [-0.4, -0.2) is 6.26 Å². The Labute approximate surface area is 115 Å². The predicted molar refractivity (Wildman–Crippen MR) is 48.2 cm³/mol. The molecule has 0 saturated carbocycles. The molecular weight excluding hydrogens is 181 g/mol. The molecule has 0 aliphatic rings. The van der Waals surface area contributed by atoms with Gasteiger partial charge in [-0.2, -0.15) is 0 Å². The molecule has 11 heavy (non-hydrogen) atoms. The molecule has 1 aromatic rings. The maximum Gasteiger partial charge on any atom is 1.00 e. The van der Waals surface area contributed by atoms with Gasteiger partial charge in [0, 0.05) is 4.90 Å². The van der Waals surface area contributed by atoms with E-state index in [1.807, 2.05) is 0 Å². The first-order chi connectivity index (χ1) is 4.33. The minimum Gasteiger partial charge on any atom is -0.693 e. The number of aryl methyl sites for hydroxylation is 1. The average molecular weight is 193 g/mol. The molecular formula is C8H12KNS. The zero-order chi connectivity index (χ0) is 6.69. The first kappa shape index (κ1) is 14.7. The van der Waals surface area contributed by atoms with Crippen LogP contribution in [0, 0.1) is 6.92 Å². The van der Waals surface area contributed by atoms with Gasteiger partial charge in [0.15, 0.2) is 0 Å². The van der Waals surface area contributed by atoms with E-state index in [0.29, 0.717) is 0 Å². The average Bonchev–Trinajstić information content (AvgIpc) is 1.90. The van der Waals surface area contributed by atoms with Crippen molar-refractivity contribution in [2.75, 3.05) is 6.26 Å². The molecule has 0 aliphatic carbocycles. The monoisotopic (exact) mass is 193 g/mol. The van der Waals surface area contributed by atoms with E-state index in [0.717, 1.165) is 0 Å². The van der Waals surface area contributed by atoms with Crippen molar-refractivity contribution >= 4 is 11.8 Å². The van der Waals surface area contributed by atoms with Gasteiger partial charge in [0.2, 0.25) is 0 Å². The van der Waals surface area contributed by atoms with Gasteiger partial charge in [-0.3, -0.25) is 0 Å². The summed E-state index contributed by atoms with van der Waals surface area (Å²) >= 11 is 1.78. The van der Waals surface area contributed by atoms with E-state index >= 15 is 0 Å². The van der Waals surface area contributed by atoms with Gasteiger partial charge in [0.1, 0.15) is 0 Å². The fourth-order valence-electron chi connectivity index (χ4n) is 0.674. The first-order valence-corrected chi connectivity index (χ1v) is 4.16. The first-order valence-electron chi connectivity index (χ1n) is 2.93. The normalized spacial score (nSPS) is 7.82. The van der Waals surface area contributed by atoms with Crippen molar-refractivity contribution in [3.05, 3.63) is 36.0 Å². The van der Waals surface area contributed by atoms with Gasteiger partial charge in [0.25, 0.3) is 0 Å². The Morgan fingerprint density at radius 2 is 1.55 bits per heavy atom. The molecule has 1 rings (SSSR count). The summed E-state index contributed by atoms with van der Waals surface area (Å²) in [5.41, 5.74) is 1.33. The SMILES string of the molecule is CSc1ccc(C)cc1.[K+].[NH2-]. The standard InChI is InChI=1S/C8H10S.K.H2N/c1-7-3-5-8(9-2)6-4-7;;/h3-6H,1-2H3;;1H2/q;+1;-1. The molecule has 1 nitrogen and oxygen atoms in total. The number of hydrogen-bond donors (Lipinski definition) is 0. The third kappa shape index (κ3) is 5.41. The Balaban J connectivity index is 0. The topological polar surface area (TPSA) is 33.5 Å². The number of thioether (sulfide) groups is 1. The Morgan fingerprint density at radius 1 is 1.09 bits per heavy atom. The van der Waals surface area contributed by atoms with Crippen LogP contribution in [0.3, 0.4) is 0 Å². The van der Waals surface area contributed by atoms with Crippen LogP contribution in [0.2, 0.25) is 0 Å². The molecule has 0 unspecified atom stereocenters. The van der Waals surface area contributed by atoms with Gasteiger partial charge in [-0.05, 0) is 25.3 Å². The van der Waals surface area contributed by atoms with Crippen molar-refractivity contribution in [2.45, 2.75) is 11.8 Å². The second-order valence-electron chi connectivity index (χ2n) is 2.02. The molecule has 2 N–H and O–H groups in total. The van der Waals surface area contributed by atoms with Crippen molar-refractivity contribution in [3.63, 3.8) is 0 Å². The van der Waals surface area contributed by atoms with Crippen LogP contribution in [0.25, 0.3) is 6.15 Å². The molecule has 0 spiro atoms. The largest absolute Gasteiger partial charge is 1.00 e. The van der Waals surface area contributed by atoms with Crippen LogP contribution >= 0.6 is 11.8 Å². The molecule has 0 radical (unpaired) electrons. The quantitative estimate of drug-likeness (QED) is 0.470. The third-order valence-corrected chi connectivity index (χ3v) is 2.00. The maximum atomic E-state index is 2.14. The minimum absolute atomic E-state index is 0. The number of benzene rings is 1. The van der Waals surface area contributed by atoms with Gasteiger partial charge >= 0.3 is 51.4 Å². The summed E-state index contributed by atoms with van der Waals surface area (Å²) in [6.07, 6.45) is 2.09. The van der Waals surface area contributed by atoms with E-state index in [4.69, 9.17) is 0 Å². The number of hydrogen-bond acceptors (Lipinski definition) is 1. The summed E-state index contributed by atoms with van der Waals surface area (Å²) < 4.78 is 0. The smallest absolute Gasteiger partial charge is 0.693 e. The summed E-state index contributed by atoms with van der Waals surface area (Å²) in [6.45, 7) is 2.10. The summed E-state index contributed by atoms with van der Waals surface area (Å²) in [5.74, 6) is 0. The van der Waals surface area contributed by atoms with Crippen molar-refractivity contribution < 1.29 is 51.4 Å². The Bertz CT molecular complexity index is 186. The fraction of sp³-hybridized carbons (Fsp3) is 0.250. The second kappa shape index (κ2) is 7.80. The van der Waals surface area contributed by atoms with Crippen LogP contribution in [0.4, 0.5) is 0 Å². The van der Waals surface area contributed by atoms with E-state index in [1.54, 1.807) is 11.8 Å². The van der Waals surface area contributed by atoms with E-state index in [1.165, 1.54) is 10.5 Å². The molecule has 0 saturated heterocycles. The zero-order valence-corrected chi connectivity index (χ0v) is 11.2. The molecule has 0 fully saturated rings. The Morgan fingerprint density at radius 3 is 1.91 bits per heavy atom. The van der Waals surface area contributed by atoms with Crippen molar-refractivity contribution in [2.24, 2.45) is 0 Å². The maximum absolute atomic E-state index is 2.14. The summed E-state index contributed by atoms with van der Waals surface area (Å²) in [5, 5.41) is 0. The molecule has 1 aromatic carbocycles. The van der Waals surface area contributed by atoms with Crippen molar-refractivity contribution in [1.82, 2.24) is 0 Å². The minimum atomic E-state index is 0. The molecule has 0 aliphatic heterocycles. The van der Waals surface area contributed by atoms with Crippen LogP contribution in [0.15, 0.2) is 29.2 Å². The van der Waals surface area contributed by atoms with Gasteiger partial charge in [-0.15, -0.1) is 11.8 Å². The van der Waals surface area contributed by atoms with E-state index in [2.05, 4.69) is 37.4 Å². The van der Waals surface area contributed by atoms with Gasteiger partial charge in [0.05, 0.1) is 0 Å². The molecule has 0 atom stereocenters. The second-order valence-corrected chi connectivity index (χ2v) is 2.90. The van der Waals surface area contributed by atoms with Crippen LogP contribution < -0.4 is 51.4 Å². The predicted octanol–water partition coefficient (Wildman–Crippen LogP) is 0.438. The van der Waals surface area contributed by atoms with Crippen LogP contribution in [-0.2, 0) is 0 Å². The Kier molecular flexibility index (Phi) is 10.4. The van der Waals surface area contributed by atoms with E-state index in [-0.39, 0.29) is 57.5 Å². The molecule has 0 heterocycles. The number of rotatable bonds is 1. The third-order valence-electron chi connectivity index (χ3n) is 1.26. The summed E-state index contributed by atoms with van der Waals surface area (Å²) in [4.78, 5) is 1.33. The Hall–Kier alpha value is 1.17. The fourth-order valence-corrected chi connectivity index (χ4v) is 1.08. The van der Waals surface area contributed by atoms with Crippen molar-refractivity contribution in [3.8, 4) is 0 Å². The zero-order valence-electron chi connectivity index (χ0n) is 7.29. The molecule has 0 aromatic heterocycles. The van der Waals surface area contributed by atoms with Crippen LogP contribution in [0.5, 0.6) is 0 Å².